The van der Waals surface area contributed by atoms with Crippen molar-refractivity contribution in [2.45, 2.75) is 70.3 Å². The highest BCUT2D eigenvalue weighted by Gasteiger charge is 2.29. The van der Waals surface area contributed by atoms with Gasteiger partial charge in [0.05, 0.1) is 17.4 Å². The Balaban J connectivity index is 1.34. The first-order valence-electron chi connectivity index (χ1n) is 15.8. The molecule has 0 aliphatic carbocycles. The minimum atomic E-state index is -0.250. The van der Waals surface area contributed by atoms with Gasteiger partial charge in [-0.15, -0.1) is 0 Å². The Labute approximate surface area is 255 Å². The van der Waals surface area contributed by atoms with Crippen LogP contribution < -0.4 is 10.6 Å². The fraction of sp³-hybridized carbons (Fsp3) is 0.606. The first kappa shape index (κ1) is 31.1. The van der Waals surface area contributed by atoms with E-state index < -0.39 is 0 Å². The van der Waals surface area contributed by atoms with Gasteiger partial charge in [-0.3, -0.25) is 9.79 Å². The number of hydrogen-bond donors (Lipinski definition) is 2. The molecule has 3 unspecified atom stereocenters. The molecule has 0 spiro atoms. The standard InChI is InChI=1S/C33H46N6O4/c1-22-14-18-43-17-4-5-27(22)32-37-29-19-26(9-6-23-12-15-39(16-13-23)30(40)21-42-3)35-20-28(29)31(38-32)24-7-10-25(11-8-24)36-33(41)34-2/h7-8,10-11,20,22-23,26-27H,4-6,9,12-19,21H2,1-3H3,(H2,34,36,41). The molecule has 2 aromatic rings. The minimum Gasteiger partial charge on any atom is -0.381 e. The van der Waals surface area contributed by atoms with Crippen molar-refractivity contribution in [3.8, 4) is 11.3 Å². The lowest BCUT2D eigenvalue weighted by molar-refractivity contribution is -0.136. The molecule has 0 radical (unpaired) electrons. The third-order valence-electron chi connectivity index (χ3n) is 9.21. The van der Waals surface area contributed by atoms with Crippen molar-refractivity contribution in [3.63, 3.8) is 0 Å². The van der Waals surface area contributed by atoms with Crippen LogP contribution in [-0.4, -0.2) is 86.1 Å². The second-order valence-electron chi connectivity index (χ2n) is 12.2. The molecule has 232 valence electrons. The summed E-state index contributed by atoms with van der Waals surface area (Å²) in [5, 5.41) is 5.42. The van der Waals surface area contributed by atoms with Crippen LogP contribution in [0.2, 0.25) is 0 Å². The number of fused-ring (bicyclic) bond motifs is 1. The van der Waals surface area contributed by atoms with Gasteiger partial charge >= 0.3 is 6.03 Å². The summed E-state index contributed by atoms with van der Waals surface area (Å²) in [7, 11) is 3.17. The van der Waals surface area contributed by atoms with Gasteiger partial charge in [0.25, 0.3) is 0 Å². The lowest BCUT2D eigenvalue weighted by Crippen LogP contribution is -2.40. The van der Waals surface area contributed by atoms with Gasteiger partial charge < -0.3 is 25.0 Å². The number of urea groups is 1. The molecule has 3 atom stereocenters. The number of likely N-dealkylation sites (tertiary alicyclic amines) is 1. The van der Waals surface area contributed by atoms with Gasteiger partial charge in [-0.2, -0.15) is 0 Å². The van der Waals surface area contributed by atoms with E-state index in [1.165, 1.54) is 0 Å². The number of nitrogens with zero attached hydrogens (tertiary/aromatic N) is 4. The molecule has 3 aliphatic rings. The van der Waals surface area contributed by atoms with Crippen molar-refractivity contribution >= 4 is 23.8 Å². The van der Waals surface area contributed by atoms with E-state index >= 15 is 0 Å². The summed E-state index contributed by atoms with van der Waals surface area (Å²) in [4.78, 5) is 41.3. The number of anilines is 1. The lowest BCUT2D eigenvalue weighted by atomic mass is 9.85. The second-order valence-corrected chi connectivity index (χ2v) is 12.2. The molecule has 2 fully saturated rings. The van der Waals surface area contributed by atoms with Gasteiger partial charge in [0.1, 0.15) is 12.4 Å². The Morgan fingerprint density at radius 3 is 2.58 bits per heavy atom. The number of hydrogen-bond acceptors (Lipinski definition) is 7. The molecule has 5 rings (SSSR count). The molecule has 0 bridgehead atoms. The van der Waals surface area contributed by atoms with Crippen LogP contribution in [0.25, 0.3) is 11.3 Å². The van der Waals surface area contributed by atoms with E-state index in [9.17, 15) is 9.59 Å². The number of methoxy groups -OCH3 is 1. The molecule has 10 heteroatoms. The highest BCUT2D eigenvalue weighted by atomic mass is 16.5. The van der Waals surface area contributed by atoms with E-state index in [4.69, 9.17) is 24.4 Å². The monoisotopic (exact) mass is 590 g/mol. The number of nitrogens with one attached hydrogen (secondary N) is 2. The van der Waals surface area contributed by atoms with Gasteiger partial charge in [0.15, 0.2) is 0 Å². The number of benzene rings is 1. The van der Waals surface area contributed by atoms with Gasteiger partial charge in [-0.05, 0) is 68.9 Å². The SMILES string of the molecule is CNC(=O)Nc1ccc(-c2nc(C3CCCOCCC3C)nc3c2C=NC(CCC2CCN(C(=O)COC)CC2)C3)cc1. The lowest BCUT2D eigenvalue weighted by Gasteiger charge is -2.32. The number of piperidine rings is 1. The van der Waals surface area contributed by atoms with E-state index in [0.29, 0.717) is 11.8 Å². The van der Waals surface area contributed by atoms with Crippen LogP contribution in [0.1, 0.15) is 74.9 Å². The van der Waals surface area contributed by atoms with Gasteiger partial charge in [-0.1, -0.05) is 19.1 Å². The molecular weight excluding hydrogens is 544 g/mol. The van der Waals surface area contributed by atoms with Crippen LogP contribution in [0.4, 0.5) is 10.5 Å². The quantitative estimate of drug-likeness (QED) is 0.455. The van der Waals surface area contributed by atoms with Gasteiger partial charge in [0, 0.05) is 75.8 Å². The summed E-state index contributed by atoms with van der Waals surface area (Å²) in [6.45, 7) is 5.65. The second kappa shape index (κ2) is 14.9. The van der Waals surface area contributed by atoms with E-state index in [-0.39, 0.29) is 30.5 Å². The molecule has 3 aliphatic heterocycles. The average Bonchev–Trinajstić information content (AvgIpc) is 3.02. The molecule has 2 N–H and O–H groups in total. The Kier molecular flexibility index (Phi) is 10.8. The number of amides is 3. The van der Waals surface area contributed by atoms with Crippen molar-refractivity contribution in [3.05, 3.63) is 41.3 Å². The van der Waals surface area contributed by atoms with Crippen LogP contribution >= 0.6 is 0 Å². The number of carbonyl (C=O) groups excluding carboxylic acids is 2. The summed E-state index contributed by atoms with van der Waals surface area (Å²) in [6.07, 6.45) is 10.00. The zero-order valence-corrected chi connectivity index (χ0v) is 25.8. The van der Waals surface area contributed by atoms with Crippen LogP contribution in [-0.2, 0) is 20.7 Å². The minimum absolute atomic E-state index is 0.0872. The number of carbonyl (C=O) groups is 2. The van der Waals surface area contributed by atoms with E-state index in [0.717, 1.165) is 112 Å². The summed E-state index contributed by atoms with van der Waals surface area (Å²) in [5.74, 6) is 2.34. The third kappa shape index (κ3) is 7.97. The molecule has 1 aromatic heterocycles. The molecule has 3 amide bonds. The number of rotatable bonds is 8. The summed E-state index contributed by atoms with van der Waals surface area (Å²) >= 11 is 0. The van der Waals surface area contributed by atoms with Crippen LogP contribution in [0.5, 0.6) is 0 Å². The topological polar surface area (TPSA) is 118 Å². The smallest absolute Gasteiger partial charge is 0.318 e. The molecule has 10 nitrogen and oxygen atoms in total. The van der Waals surface area contributed by atoms with Crippen molar-refractivity contribution < 1.29 is 19.1 Å². The maximum absolute atomic E-state index is 12.2. The van der Waals surface area contributed by atoms with Crippen LogP contribution in [0.3, 0.4) is 0 Å². The maximum atomic E-state index is 12.2. The highest BCUT2D eigenvalue weighted by molar-refractivity contribution is 5.92. The summed E-state index contributed by atoms with van der Waals surface area (Å²) in [6, 6.07) is 7.78. The third-order valence-corrected chi connectivity index (χ3v) is 9.21. The van der Waals surface area contributed by atoms with Crippen molar-refractivity contribution in [1.82, 2.24) is 20.2 Å². The Morgan fingerprint density at radius 2 is 1.84 bits per heavy atom. The van der Waals surface area contributed by atoms with Crippen molar-refractivity contribution in [2.75, 3.05) is 52.4 Å². The predicted molar refractivity (Wildman–Crippen MR) is 168 cm³/mol. The maximum Gasteiger partial charge on any atom is 0.318 e. The van der Waals surface area contributed by atoms with Gasteiger partial charge in [0.2, 0.25) is 5.91 Å². The summed E-state index contributed by atoms with van der Waals surface area (Å²) < 4.78 is 10.8. The van der Waals surface area contributed by atoms with Crippen LogP contribution in [0, 0.1) is 11.8 Å². The number of aliphatic imine (C=N–C) groups is 1. The molecule has 43 heavy (non-hydrogen) atoms. The Hall–Kier alpha value is -3.37. The Morgan fingerprint density at radius 1 is 1.05 bits per heavy atom. The Bertz CT molecular complexity index is 1270. The highest BCUT2D eigenvalue weighted by Crippen LogP contribution is 2.35. The zero-order valence-electron chi connectivity index (χ0n) is 25.8. The molecule has 4 heterocycles. The van der Waals surface area contributed by atoms with Crippen molar-refractivity contribution in [2.24, 2.45) is 16.8 Å². The predicted octanol–water partition coefficient (Wildman–Crippen LogP) is 4.82. The van der Waals surface area contributed by atoms with Crippen molar-refractivity contribution in [1.29, 1.82) is 0 Å². The van der Waals surface area contributed by atoms with E-state index in [1.54, 1.807) is 14.2 Å². The zero-order chi connectivity index (χ0) is 30.2. The molecule has 1 aromatic carbocycles. The van der Waals surface area contributed by atoms with Gasteiger partial charge in [-0.25, -0.2) is 14.8 Å². The van der Waals surface area contributed by atoms with E-state index in [1.807, 2.05) is 35.4 Å². The fourth-order valence-corrected chi connectivity index (χ4v) is 6.51. The normalized spacial score (nSPS) is 22.8. The molecule has 0 saturated carbocycles. The largest absolute Gasteiger partial charge is 0.381 e. The van der Waals surface area contributed by atoms with Crippen LogP contribution in [0.15, 0.2) is 29.3 Å². The number of aromatic nitrogens is 2. The first-order chi connectivity index (χ1) is 20.9. The fourth-order valence-electron chi connectivity index (χ4n) is 6.51. The average molecular weight is 591 g/mol. The summed E-state index contributed by atoms with van der Waals surface area (Å²) in [5.41, 5.74) is 4.70. The van der Waals surface area contributed by atoms with E-state index in [2.05, 4.69) is 17.6 Å². The molecular formula is C33H46N6O4. The number of ether oxygens (including phenoxy) is 2. The molecule has 2 saturated heterocycles. The first-order valence-corrected chi connectivity index (χ1v) is 15.8.